The number of carbonyl (C=O) groups excluding carboxylic acids is 2. The Morgan fingerprint density at radius 1 is 1.18 bits per heavy atom. The van der Waals surface area contributed by atoms with Crippen LogP contribution in [0.15, 0.2) is 30.3 Å². The van der Waals surface area contributed by atoms with E-state index in [1.807, 2.05) is 24.1 Å². The van der Waals surface area contributed by atoms with Crippen LogP contribution in [0.1, 0.15) is 48.5 Å². The van der Waals surface area contributed by atoms with Crippen molar-refractivity contribution < 1.29 is 14.3 Å². The Labute approximate surface area is 224 Å². The molecule has 204 valence electrons. The summed E-state index contributed by atoms with van der Waals surface area (Å²) in [5.41, 5.74) is 8.32. The van der Waals surface area contributed by atoms with Crippen LogP contribution in [0, 0.1) is 0 Å². The zero-order valence-corrected chi connectivity index (χ0v) is 22.6. The molecule has 2 aromatic rings. The number of aromatic nitrogens is 1. The molecule has 0 radical (unpaired) electrons. The fourth-order valence-electron chi connectivity index (χ4n) is 5.91. The predicted molar refractivity (Wildman–Crippen MR) is 148 cm³/mol. The normalized spacial score (nSPS) is 21.5. The van der Waals surface area contributed by atoms with Crippen molar-refractivity contribution in [3.05, 3.63) is 41.5 Å². The van der Waals surface area contributed by atoms with E-state index < -0.39 is 5.91 Å². The van der Waals surface area contributed by atoms with E-state index in [0.717, 1.165) is 64.1 Å². The number of benzene rings is 1. The molecular weight excluding hydrogens is 482 g/mol. The van der Waals surface area contributed by atoms with E-state index in [1.165, 1.54) is 5.56 Å². The van der Waals surface area contributed by atoms with E-state index in [0.29, 0.717) is 23.9 Å². The number of anilines is 3. The summed E-state index contributed by atoms with van der Waals surface area (Å²) in [6, 6.07) is 10.2. The molecule has 3 aliphatic heterocycles. The predicted octanol–water partition coefficient (Wildman–Crippen LogP) is 2.91. The average Bonchev–Trinajstić information content (AvgIpc) is 3.27. The molecule has 1 unspecified atom stereocenters. The molecule has 0 aliphatic carbocycles. The summed E-state index contributed by atoms with van der Waals surface area (Å²) >= 11 is 0. The van der Waals surface area contributed by atoms with Gasteiger partial charge in [-0.15, -0.1) is 0 Å². The van der Waals surface area contributed by atoms with Gasteiger partial charge in [-0.05, 0) is 61.9 Å². The molecular formula is C28H39N7O3. The zero-order valence-electron chi connectivity index (χ0n) is 22.6. The number of primary amides is 1. The Hall–Kier alpha value is -3.53. The fourth-order valence-corrected chi connectivity index (χ4v) is 5.91. The number of carbonyl (C=O) groups is 2. The van der Waals surface area contributed by atoms with Crippen LogP contribution < -0.4 is 26.0 Å². The highest BCUT2D eigenvalue weighted by atomic mass is 16.5. The molecule has 3 saturated heterocycles. The SMILES string of the molecule is COc1cc(C(N)=O)c(Nc2ccc(C3(C)CCNCC3)cc2)nc1N1CCCC(N2CCN(C)C2=O)C1. The maximum Gasteiger partial charge on any atom is 0.320 e. The van der Waals surface area contributed by atoms with Crippen molar-refractivity contribution in [1.82, 2.24) is 20.1 Å². The highest BCUT2D eigenvalue weighted by Gasteiger charge is 2.35. The number of rotatable bonds is 7. The molecule has 4 N–H and O–H groups in total. The topological polar surface area (TPSA) is 116 Å². The molecule has 4 heterocycles. The number of methoxy groups -OCH3 is 1. The van der Waals surface area contributed by atoms with E-state index in [9.17, 15) is 9.59 Å². The molecule has 3 amide bonds. The third kappa shape index (κ3) is 5.09. The molecule has 3 fully saturated rings. The summed E-state index contributed by atoms with van der Waals surface area (Å²) in [5, 5.41) is 6.76. The van der Waals surface area contributed by atoms with Crippen molar-refractivity contribution in [3.63, 3.8) is 0 Å². The summed E-state index contributed by atoms with van der Waals surface area (Å²) in [6.45, 7) is 7.28. The van der Waals surface area contributed by atoms with Gasteiger partial charge in [0.05, 0.1) is 18.7 Å². The van der Waals surface area contributed by atoms with Crippen LogP contribution in [0.4, 0.5) is 22.1 Å². The molecule has 1 aromatic carbocycles. The lowest BCUT2D eigenvalue weighted by molar-refractivity contribution is 0.100. The zero-order chi connectivity index (χ0) is 26.9. The Kier molecular flexibility index (Phi) is 7.34. The van der Waals surface area contributed by atoms with Gasteiger partial charge in [-0.2, -0.15) is 0 Å². The van der Waals surface area contributed by atoms with Crippen molar-refractivity contribution in [1.29, 1.82) is 0 Å². The van der Waals surface area contributed by atoms with Crippen LogP contribution in [-0.4, -0.2) is 86.2 Å². The lowest BCUT2D eigenvalue weighted by Gasteiger charge is -2.38. The first-order valence-corrected chi connectivity index (χ1v) is 13.5. The number of nitrogens with two attached hydrogens (primary N) is 1. The summed E-state index contributed by atoms with van der Waals surface area (Å²) in [4.78, 5) is 35.7. The van der Waals surface area contributed by atoms with Gasteiger partial charge in [0.2, 0.25) is 0 Å². The standard InChI is InChI=1S/C28H39N7O3/c1-28(10-12-30-13-11-28)19-6-8-20(9-7-19)31-25-22(24(29)36)17-23(38-3)26(32-25)34-14-4-5-21(18-34)35-16-15-33(2)27(35)37/h6-9,17,21,30H,4-5,10-16,18H2,1-3H3,(H2,29,36)(H,31,32). The Morgan fingerprint density at radius 2 is 1.92 bits per heavy atom. The van der Waals surface area contributed by atoms with Gasteiger partial charge in [-0.25, -0.2) is 9.78 Å². The van der Waals surface area contributed by atoms with Crippen molar-refractivity contribution in [2.45, 2.75) is 44.1 Å². The molecule has 1 atom stereocenters. The minimum atomic E-state index is -0.578. The van der Waals surface area contributed by atoms with Crippen molar-refractivity contribution in [3.8, 4) is 5.75 Å². The highest BCUT2D eigenvalue weighted by molar-refractivity contribution is 5.99. The van der Waals surface area contributed by atoms with E-state index in [2.05, 4.69) is 34.6 Å². The van der Waals surface area contributed by atoms with Gasteiger partial charge >= 0.3 is 6.03 Å². The molecule has 0 saturated carbocycles. The van der Waals surface area contributed by atoms with Crippen molar-refractivity contribution >= 4 is 29.3 Å². The number of hydrogen-bond donors (Lipinski definition) is 3. The van der Waals surface area contributed by atoms with Gasteiger partial charge in [0.1, 0.15) is 5.82 Å². The third-order valence-electron chi connectivity index (χ3n) is 8.39. The highest BCUT2D eigenvalue weighted by Crippen LogP contribution is 2.36. The van der Waals surface area contributed by atoms with E-state index >= 15 is 0 Å². The molecule has 10 heteroatoms. The summed E-state index contributed by atoms with van der Waals surface area (Å²) in [7, 11) is 3.41. The number of pyridine rings is 1. The van der Waals surface area contributed by atoms with Crippen LogP contribution in [0.3, 0.4) is 0 Å². The van der Waals surface area contributed by atoms with Crippen molar-refractivity contribution in [2.75, 3.05) is 63.6 Å². The van der Waals surface area contributed by atoms with Crippen LogP contribution in [0.25, 0.3) is 0 Å². The molecule has 38 heavy (non-hydrogen) atoms. The number of urea groups is 1. The van der Waals surface area contributed by atoms with E-state index in [-0.39, 0.29) is 23.1 Å². The smallest absolute Gasteiger partial charge is 0.320 e. The number of ether oxygens (including phenoxy) is 1. The molecule has 0 spiro atoms. The monoisotopic (exact) mass is 521 g/mol. The van der Waals surface area contributed by atoms with Crippen LogP contribution in [0.5, 0.6) is 5.75 Å². The molecule has 10 nitrogen and oxygen atoms in total. The lowest BCUT2D eigenvalue weighted by atomic mass is 9.75. The van der Waals surface area contributed by atoms with Gasteiger partial charge in [0.25, 0.3) is 5.91 Å². The van der Waals surface area contributed by atoms with Gasteiger partial charge in [-0.3, -0.25) is 4.79 Å². The van der Waals surface area contributed by atoms with Gasteiger partial charge in [0.15, 0.2) is 11.6 Å². The summed E-state index contributed by atoms with van der Waals surface area (Å²) < 4.78 is 5.65. The largest absolute Gasteiger partial charge is 0.493 e. The second kappa shape index (κ2) is 10.7. The molecule has 5 rings (SSSR count). The molecule has 0 bridgehead atoms. The Bertz CT molecular complexity index is 1180. The van der Waals surface area contributed by atoms with E-state index in [1.54, 1.807) is 18.1 Å². The lowest BCUT2D eigenvalue weighted by Crippen LogP contribution is -2.49. The molecule has 1 aromatic heterocycles. The van der Waals surface area contributed by atoms with Crippen molar-refractivity contribution in [2.24, 2.45) is 5.73 Å². The van der Waals surface area contributed by atoms with Gasteiger partial charge < -0.3 is 35.8 Å². The van der Waals surface area contributed by atoms with Gasteiger partial charge in [-0.1, -0.05) is 19.1 Å². The number of piperidine rings is 2. The second-order valence-corrected chi connectivity index (χ2v) is 10.9. The summed E-state index contributed by atoms with van der Waals surface area (Å²) in [6.07, 6.45) is 4.08. The first kappa shape index (κ1) is 26.1. The third-order valence-corrected chi connectivity index (χ3v) is 8.39. The van der Waals surface area contributed by atoms with Crippen LogP contribution in [0.2, 0.25) is 0 Å². The molecule has 3 aliphatic rings. The van der Waals surface area contributed by atoms with E-state index in [4.69, 9.17) is 15.5 Å². The average molecular weight is 522 g/mol. The number of nitrogens with one attached hydrogen (secondary N) is 2. The number of nitrogens with zero attached hydrogens (tertiary/aromatic N) is 4. The quantitative estimate of drug-likeness (QED) is 0.513. The first-order chi connectivity index (χ1) is 18.3. The van der Waals surface area contributed by atoms with Crippen LogP contribution >= 0.6 is 0 Å². The maximum absolute atomic E-state index is 12.6. The number of amides is 3. The maximum atomic E-state index is 12.6. The van der Waals surface area contributed by atoms with Gasteiger partial charge in [0, 0.05) is 45.0 Å². The second-order valence-electron chi connectivity index (χ2n) is 10.9. The Morgan fingerprint density at radius 3 is 2.55 bits per heavy atom. The summed E-state index contributed by atoms with van der Waals surface area (Å²) in [5.74, 6) is 0.951. The minimum Gasteiger partial charge on any atom is -0.493 e. The number of hydrogen-bond acceptors (Lipinski definition) is 7. The minimum absolute atomic E-state index is 0.0741. The fraction of sp³-hybridized carbons (Fsp3) is 0.536. The first-order valence-electron chi connectivity index (χ1n) is 13.5. The number of likely N-dealkylation sites (N-methyl/N-ethyl adjacent to an activating group) is 1. The van der Waals surface area contributed by atoms with Crippen LogP contribution in [-0.2, 0) is 5.41 Å². The Balaban J connectivity index is 1.41.